The first kappa shape index (κ1) is 14.3. The average Bonchev–Trinajstić information content (AvgIpc) is 2.36. The SMILES string of the molecule is C=C(C)COc1ccc(CC(N)C(=O)OC)cc1. The van der Waals surface area contributed by atoms with E-state index in [4.69, 9.17) is 10.5 Å². The second-order valence-corrected chi connectivity index (χ2v) is 4.22. The Morgan fingerprint density at radius 1 is 1.39 bits per heavy atom. The quantitative estimate of drug-likeness (QED) is 0.615. The normalized spacial score (nSPS) is 11.7. The standard InChI is InChI=1S/C14H19NO3/c1-10(2)9-18-12-6-4-11(5-7-12)8-13(15)14(16)17-3/h4-7,13H,1,8-9,15H2,2-3H3. The van der Waals surface area contributed by atoms with Gasteiger partial charge in [-0.3, -0.25) is 4.79 Å². The number of hydrogen-bond acceptors (Lipinski definition) is 4. The molecule has 0 bridgehead atoms. The topological polar surface area (TPSA) is 61.5 Å². The first-order chi connectivity index (χ1) is 8.52. The molecule has 0 aliphatic rings. The van der Waals surface area contributed by atoms with Crippen LogP contribution in [0.5, 0.6) is 5.75 Å². The summed E-state index contributed by atoms with van der Waals surface area (Å²) < 4.78 is 10.0. The molecule has 2 N–H and O–H groups in total. The minimum Gasteiger partial charge on any atom is -0.489 e. The fourth-order valence-corrected chi connectivity index (χ4v) is 1.42. The molecule has 0 radical (unpaired) electrons. The summed E-state index contributed by atoms with van der Waals surface area (Å²) in [6.07, 6.45) is 0.452. The molecule has 0 aliphatic carbocycles. The van der Waals surface area contributed by atoms with Gasteiger partial charge >= 0.3 is 5.97 Å². The number of rotatable bonds is 6. The zero-order valence-electron chi connectivity index (χ0n) is 10.8. The Morgan fingerprint density at radius 2 is 2.00 bits per heavy atom. The number of carbonyl (C=O) groups is 1. The van der Waals surface area contributed by atoms with E-state index in [2.05, 4.69) is 11.3 Å². The van der Waals surface area contributed by atoms with Crippen molar-refractivity contribution < 1.29 is 14.3 Å². The van der Waals surface area contributed by atoms with Gasteiger partial charge in [0.2, 0.25) is 0 Å². The van der Waals surface area contributed by atoms with Gasteiger partial charge in [0, 0.05) is 0 Å². The average molecular weight is 249 g/mol. The van der Waals surface area contributed by atoms with E-state index in [1.165, 1.54) is 7.11 Å². The minimum atomic E-state index is -0.628. The number of benzene rings is 1. The Bertz CT molecular complexity index is 412. The number of esters is 1. The highest BCUT2D eigenvalue weighted by Crippen LogP contribution is 2.14. The van der Waals surface area contributed by atoms with Crippen LogP contribution in [0.2, 0.25) is 0 Å². The number of hydrogen-bond donors (Lipinski definition) is 1. The molecule has 4 nitrogen and oxygen atoms in total. The highest BCUT2D eigenvalue weighted by molar-refractivity contribution is 5.75. The number of nitrogens with two attached hydrogens (primary N) is 1. The maximum absolute atomic E-state index is 11.2. The van der Waals surface area contributed by atoms with Crippen molar-refractivity contribution in [3.8, 4) is 5.75 Å². The maximum Gasteiger partial charge on any atom is 0.322 e. The zero-order valence-corrected chi connectivity index (χ0v) is 10.8. The molecule has 0 aliphatic heterocycles. The third-order valence-corrected chi connectivity index (χ3v) is 2.37. The van der Waals surface area contributed by atoms with Crippen LogP contribution >= 0.6 is 0 Å². The molecular weight excluding hydrogens is 230 g/mol. The highest BCUT2D eigenvalue weighted by Gasteiger charge is 2.13. The van der Waals surface area contributed by atoms with Gasteiger partial charge in [-0.2, -0.15) is 0 Å². The van der Waals surface area contributed by atoms with Crippen molar-refractivity contribution in [2.45, 2.75) is 19.4 Å². The Balaban J connectivity index is 2.54. The van der Waals surface area contributed by atoms with Crippen molar-refractivity contribution in [1.29, 1.82) is 0 Å². The van der Waals surface area contributed by atoms with Gasteiger partial charge in [0.15, 0.2) is 0 Å². The molecular formula is C14H19NO3. The van der Waals surface area contributed by atoms with E-state index in [-0.39, 0.29) is 0 Å². The van der Waals surface area contributed by atoms with E-state index in [0.29, 0.717) is 13.0 Å². The number of ether oxygens (including phenoxy) is 2. The van der Waals surface area contributed by atoms with Crippen LogP contribution in [0.15, 0.2) is 36.4 Å². The van der Waals surface area contributed by atoms with Gasteiger partial charge in [-0.1, -0.05) is 18.7 Å². The smallest absolute Gasteiger partial charge is 0.322 e. The van der Waals surface area contributed by atoms with Crippen LogP contribution < -0.4 is 10.5 Å². The molecule has 0 fully saturated rings. The lowest BCUT2D eigenvalue weighted by Crippen LogP contribution is -2.33. The molecule has 1 aromatic rings. The second-order valence-electron chi connectivity index (χ2n) is 4.22. The molecule has 0 spiro atoms. The summed E-state index contributed by atoms with van der Waals surface area (Å²) >= 11 is 0. The van der Waals surface area contributed by atoms with E-state index < -0.39 is 12.0 Å². The van der Waals surface area contributed by atoms with Crippen molar-refractivity contribution in [2.24, 2.45) is 5.73 Å². The summed E-state index contributed by atoms with van der Waals surface area (Å²) in [7, 11) is 1.33. The van der Waals surface area contributed by atoms with Crippen molar-refractivity contribution >= 4 is 5.97 Å². The number of carbonyl (C=O) groups excluding carboxylic acids is 1. The molecule has 0 saturated carbocycles. The number of methoxy groups -OCH3 is 1. The lowest BCUT2D eigenvalue weighted by molar-refractivity contribution is -0.142. The summed E-state index contributed by atoms with van der Waals surface area (Å²) in [5, 5.41) is 0. The fourth-order valence-electron chi connectivity index (χ4n) is 1.42. The van der Waals surface area contributed by atoms with Crippen LogP contribution in [-0.4, -0.2) is 25.7 Å². The third-order valence-electron chi connectivity index (χ3n) is 2.37. The Morgan fingerprint density at radius 3 is 2.50 bits per heavy atom. The molecule has 1 atom stereocenters. The van der Waals surface area contributed by atoms with Gasteiger partial charge in [0.25, 0.3) is 0 Å². The van der Waals surface area contributed by atoms with Gasteiger partial charge < -0.3 is 15.2 Å². The van der Waals surface area contributed by atoms with E-state index in [0.717, 1.165) is 16.9 Å². The lowest BCUT2D eigenvalue weighted by atomic mass is 10.1. The molecule has 0 saturated heterocycles. The first-order valence-electron chi connectivity index (χ1n) is 5.72. The summed E-state index contributed by atoms with van der Waals surface area (Å²) in [6, 6.07) is 6.84. The Kier molecular flexibility index (Phi) is 5.39. The van der Waals surface area contributed by atoms with Crippen molar-refractivity contribution in [3.63, 3.8) is 0 Å². The zero-order chi connectivity index (χ0) is 13.5. The van der Waals surface area contributed by atoms with Gasteiger partial charge in [-0.25, -0.2) is 0 Å². The summed E-state index contributed by atoms with van der Waals surface area (Å²) in [6.45, 7) is 6.17. The molecule has 98 valence electrons. The van der Waals surface area contributed by atoms with Gasteiger partial charge in [-0.15, -0.1) is 0 Å². The van der Waals surface area contributed by atoms with Gasteiger partial charge in [0.05, 0.1) is 7.11 Å². The summed E-state index contributed by atoms with van der Waals surface area (Å²) in [5.74, 6) is 0.367. The molecule has 0 aromatic heterocycles. The molecule has 18 heavy (non-hydrogen) atoms. The second kappa shape index (κ2) is 6.81. The van der Waals surface area contributed by atoms with Gasteiger partial charge in [0.1, 0.15) is 18.4 Å². The van der Waals surface area contributed by atoms with Crippen molar-refractivity contribution in [2.75, 3.05) is 13.7 Å². The van der Waals surface area contributed by atoms with Gasteiger partial charge in [-0.05, 0) is 36.6 Å². The van der Waals surface area contributed by atoms with Crippen molar-refractivity contribution in [3.05, 3.63) is 42.0 Å². The third kappa shape index (κ3) is 4.59. The molecule has 4 heteroatoms. The lowest BCUT2D eigenvalue weighted by Gasteiger charge is -2.10. The van der Waals surface area contributed by atoms with Crippen LogP contribution in [0, 0.1) is 0 Å². The Labute approximate surface area is 107 Å². The summed E-state index contributed by atoms with van der Waals surface area (Å²) in [5.41, 5.74) is 7.61. The van der Waals surface area contributed by atoms with Crippen molar-refractivity contribution in [1.82, 2.24) is 0 Å². The van der Waals surface area contributed by atoms with Crippen LogP contribution in [0.25, 0.3) is 0 Å². The predicted octanol–water partition coefficient (Wildman–Crippen LogP) is 1.68. The van der Waals surface area contributed by atoms with E-state index in [1.54, 1.807) is 0 Å². The molecule has 1 aromatic carbocycles. The summed E-state index contributed by atoms with van der Waals surface area (Å²) in [4.78, 5) is 11.2. The first-order valence-corrected chi connectivity index (χ1v) is 5.72. The van der Waals surface area contributed by atoms with Crippen LogP contribution in [0.1, 0.15) is 12.5 Å². The molecule has 1 rings (SSSR count). The van der Waals surface area contributed by atoms with E-state index in [1.807, 2.05) is 31.2 Å². The fraction of sp³-hybridized carbons (Fsp3) is 0.357. The van der Waals surface area contributed by atoms with Crippen LogP contribution in [-0.2, 0) is 16.0 Å². The predicted molar refractivity (Wildman–Crippen MR) is 70.4 cm³/mol. The molecule has 0 heterocycles. The van der Waals surface area contributed by atoms with Crippen LogP contribution in [0.3, 0.4) is 0 Å². The van der Waals surface area contributed by atoms with E-state index >= 15 is 0 Å². The largest absolute Gasteiger partial charge is 0.489 e. The maximum atomic E-state index is 11.2. The molecule has 1 unspecified atom stereocenters. The monoisotopic (exact) mass is 249 g/mol. The Hall–Kier alpha value is -1.81. The highest BCUT2D eigenvalue weighted by atomic mass is 16.5. The molecule has 0 amide bonds. The van der Waals surface area contributed by atoms with Crippen LogP contribution in [0.4, 0.5) is 0 Å². The minimum absolute atomic E-state index is 0.405. The van der Waals surface area contributed by atoms with E-state index in [9.17, 15) is 4.79 Å².